The first-order valence-corrected chi connectivity index (χ1v) is 8.42. The molecule has 0 N–H and O–H groups in total. The second-order valence-corrected chi connectivity index (χ2v) is 6.86. The standard InChI is InChI=1S/C15H22Cl2N2O/c1-3-19-12(13(17)10(2)18-19)8-15(9-16)6-7-20-14(15)11-4-5-11/h11,14H,3-9H2,1-2H3. The number of aryl methyl sites for hydroxylation is 2. The summed E-state index contributed by atoms with van der Waals surface area (Å²) in [6.07, 6.45) is 4.77. The Labute approximate surface area is 130 Å². The molecule has 112 valence electrons. The van der Waals surface area contributed by atoms with E-state index in [1.54, 1.807) is 0 Å². The minimum absolute atomic E-state index is 0.0335. The van der Waals surface area contributed by atoms with Crippen molar-refractivity contribution >= 4 is 23.2 Å². The van der Waals surface area contributed by atoms with E-state index < -0.39 is 0 Å². The van der Waals surface area contributed by atoms with Crippen molar-refractivity contribution in [2.45, 2.75) is 52.2 Å². The maximum Gasteiger partial charge on any atom is 0.0847 e. The molecule has 2 fully saturated rings. The highest BCUT2D eigenvalue weighted by Crippen LogP contribution is 2.50. The number of alkyl halides is 1. The molecule has 0 aromatic carbocycles. The third-order valence-corrected chi connectivity index (χ3v) is 5.81. The molecule has 1 saturated carbocycles. The summed E-state index contributed by atoms with van der Waals surface area (Å²) in [5, 5.41) is 5.33. The Morgan fingerprint density at radius 3 is 2.80 bits per heavy atom. The van der Waals surface area contributed by atoms with E-state index in [2.05, 4.69) is 12.0 Å². The first-order valence-electron chi connectivity index (χ1n) is 7.50. The topological polar surface area (TPSA) is 27.1 Å². The molecular weight excluding hydrogens is 295 g/mol. The van der Waals surface area contributed by atoms with Gasteiger partial charge in [-0.05, 0) is 39.0 Å². The molecular formula is C15H22Cl2N2O. The quantitative estimate of drug-likeness (QED) is 0.772. The van der Waals surface area contributed by atoms with Crippen molar-refractivity contribution in [3.05, 3.63) is 16.4 Å². The molecule has 2 unspecified atom stereocenters. The number of rotatable bonds is 5. The molecule has 2 aliphatic rings. The summed E-state index contributed by atoms with van der Waals surface area (Å²) >= 11 is 12.8. The van der Waals surface area contributed by atoms with Gasteiger partial charge in [-0.25, -0.2) is 0 Å². The SMILES string of the molecule is CCn1nc(C)c(Cl)c1CC1(CCl)CCOC1C1CC1. The van der Waals surface area contributed by atoms with Crippen molar-refractivity contribution in [3.63, 3.8) is 0 Å². The van der Waals surface area contributed by atoms with Gasteiger partial charge in [0.2, 0.25) is 0 Å². The highest BCUT2D eigenvalue weighted by molar-refractivity contribution is 6.31. The number of nitrogens with zero attached hydrogens (tertiary/aromatic N) is 2. The van der Waals surface area contributed by atoms with Crippen LogP contribution in [-0.4, -0.2) is 28.4 Å². The van der Waals surface area contributed by atoms with Gasteiger partial charge in [0.25, 0.3) is 0 Å². The van der Waals surface area contributed by atoms with E-state index in [0.29, 0.717) is 17.9 Å². The maximum atomic E-state index is 6.47. The number of ether oxygens (including phenoxy) is 1. The normalized spacial score (nSPS) is 30.1. The van der Waals surface area contributed by atoms with E-state index in [0.717, 1.165) is 42.4 Å². The predicted octanol–water partition coefficient (Wildman–Crippen LogP) is 3.83. The third kappa shape index (κ3) is 2.38. The van der Waals surface area contributed by atoms with Crippen LogP contribution in [0.15, 0.2) is 0 Å². The van der Waals surface area contributed by atoms with E-state index in [1.165, 1.54) is 12.8 Å². The third-order valence-electron chi connectivity index (χ3n) is 4.79. The van der Waals surface area contributed by atoms with Gasteiger partial charge in [-0.15, -0.1) is 11.6 Å². The summed E-state index contributed by atoms with van der Waals surface area (Å²) in [5.74, 6) is 1.34. The second-order valence-electron chi connectivity index (χ2n) is 6.21. The van der Waals surface area contributed by atoms with Crippen LogP contribution in [0.1, 0.15) is 37.6 Å². The van der Waals surface area contributed by atoms with Gasteiger partial charge in [0, 0.05) is 30.9 Å². The van der Waals surface area contributed by atoms with Gasteiger partial charge in [-0.1, -0.05) is 11.6 Å². The van der Waals surface area contributed by atoms with Crippen LogP contribution in [0.2, 0.25) is 5.02 Å². The molecule has 2 atom stereocenters. The Bertz CT molecular complexity index is 498. The zero-order chi connectivity index (χ0) is 14.3. The summed E-state index contributed by atoms with van der Waals surface area (Å²) in [6.45, 7) is 5.74. The van der Waals surface area contributed by atoms with Crippen molar-refractivity contribution < 1.29 is 4.74 Å². The van der Waals surface area contributed by atoms with Gasteiger partial charge in [0.15, 0.2) is 0 Å². The van der Waals surface area contributed by atoms with E-state index in [1.807, 2.05) is 11.6 Å². The Morgan fingerprint density at radius 1 is 1.45 bits per heavy atom. The molecule has 0 amide bonds. The molecule has 3 rings (SSSR count). The van der Waals surface area contributed by atoms with Crippen molar-refractivity contribution in [1.29, 1.82) is 0 Å². The van der Waals surface area contributed by atoms with E-state index in [9.17, 15) is 0 Å². The molecule has 0 spiro atoms. The fourth-order valence-electron chi connectivity index (χ4n) is 3.49. The van der Waals surface area contributed by atoms with Crippen LogP contribution in [-0.2, 0) is 17.7 Å². The molecule has 1 aliphatic heterocycles. The average Bonchev–Trinajstić information content (AvgIpc) is 3.16. The van der Waals surface area contributed by atoms with Crippen molar-refractivity contribution in [1.82, 2.24) is 9.78 Å². The Kier molecular flexibility index (Phi) is 4.04. The largest absolute Gasteiger partial charge is 0.377 e. The van der Waals surface area contributed by atoms with Gasteiger partial charge < -0.3 is 4.74 Å². The molecule has 0 bridgehead atoms. The lowest BCUT2D eigenvalue weighted by atomic mass is 9.76. The molecule has 3 nitrogen and oxygen atoms in total. The van der Waals surface area contributed by atoms with Crippen molar-refractivity contribution in [3.8, 4) is 0 Å². The average molecular weight is 317 g/mol. The van der Waals surface area contributed by atoms with Crippen molar-refractivity contribution in [2.75, 3.05) is 12.5 Å². The minimum atomic E-state index is 0.0335. The van der Waals surface area contributed by atoms with Gasteiger partial charge in [-0.2, -0.15) is 5.10 Å². The molecule has 1 aromatic heterocycles. The minimum Gasteiger partial charge on any atom is -0.377 e. The predicted molar refractivity (Wildman–Crippen MR) is 81.6 cm³/mol. The summed E-state index contributed by atoms with van der Waals surface area (Å²) < 4.78 is 8.04. The summed E-state index contributed by atoms with van der Waals surface area (Å²) in [7, 11) is 0. The molecule has 1 saturated heterocycles. The van der Waals surface area contributed by atoms with E-state index in [-0.39, 0.29) is 5.41 Å². The maximum absolute atomic E-state index is 6.47. The fraction of sp³-hybridized carbons (Fsp3) is 0.800. The zero-order valence-electron chi connectivity index (χ0n) is 12.2. The number of hydrogen-bond acceptors (Lipinski definition) is 2. The molecule has 5 heteroatoms. The zero-order valence-corrected chi connectivity index (χ0v) is 13.7. The Balaban J connectivity index is 1.91. The van der Waals surface area contributed by atoms with Crippen LogP contribution in [0.25, 0.3) is 0 Å². The number of hydrogen-bond donors (Lipinski definition) is 0. The first kappa shape index (κ1) is 14.7. The molecule has 20 heavy (non-hydrogen) atoms. The summed E-state index contributed by atoms with van der Waals surface area (Å²) in [4.78, 5) is 0. The second kappa shape index (κ2) is 5.51. The van der Waals surface area contributed by atoms with Crippen LogP contribution in [0.3, 0.4) is 0 Å². The van der Waals surface area contributed by atoms with Gasteiger partial charge in [0.05, 0.1) is 22.5 Å². The van der Waals surface area contributed by atoms with E-state index >= 15 is 0 Å². The summed E-state index contributed by atoms with van der Waals surface area (Å²) in [5.41, 5.74) is 2.07. The van der Waals surface area contributed by atoms with Gasteiger partial charge in [-0.3, -0.25) is 4.68 Å². The first-order chi connectivity index (χ1) is 9.61. The van der Waals surface area contributed by atoms with Gasteiger partial charge >= 0.3 is 0 Å². The van der Waals surface area contributed by atoms with Crippen LogP contribution >= 0.6 is 23.2 Å². The monoisotopic (exact) mass is 316 g/mol. The fourth-order valence-corrected chi connectivity index (χ4v) is 4.08. The molecule has 1 aliphatic carbocycles. The van der Waals surface area contributed by atoms with Gasteiger partial charge in [0.1, 0.15) is 0 Å². The molecule has 1 aromatic rings. The van der Waals surface area contributed by atoms with Crippen LogP contribution in [0.5, 0.6) is 0 Å². The number of halogens is 2. The summed E-state index contributed by atoms with van der Waals surface area (Å²) in [6, 6.07) is 0. The van der Waals surface area contributed by atoms with E-state index in [4.69, 9.17) is 27.9 Å². The highest BCUT2D eigenvalue weighted by atomic mass is 35.5. The molecule has 0 radical (unpaired) electrons. The Morgan fingerprint density at radius 2 is 2.20 bits per heavy atom. The molecule has 2 heterocycles. The Hall–Kier alpha value is -0.250. The lowest BCUT2D eigenvalue weighted by molar-refractivity contribution is 0.0395. The lowest BCUT2D eigenvalue weighted by Crippen LogP contribution is -2.37. The lowest BCUT2D eigenvalue weighted by Gasteiger charge is -2.32. The van der Waals surface area contributed by atoms with Crippen LogP contribution < -0.4 is 0 Å². The highest BCUT2D eigenvalue weighted by Gasteiger charge is 2.51. The van der Waals surface area contributed by atoms with Crippen molar-refractivity contribution in [2.24, 2.45) is 11.3 Å². The van der Waals surface area contributed by atoms with Crippen LogP contribution in [0, 0.1) is 18.3 Å². The smallest absolute Gasteiger partial charge is 0.0847 e. The number of aromatic nitrogens is 2. The van der Waals surface area contributed by atoms with Crippen LogP contribution in [0.4, 0.5) is 0 Å².